The van der Waals surface area contributed by atoms with Crippen LogP contribution in [0.3, 0.4) is 0 Å². The zero-order chi connectivity index (χ0) is 15.1. The fraction of sp³-hybridized carbons (Fsp3) is 0.412. The maximum Gasteiger partial charge on any atom is 0.274 e. The highest BCUT2D eigenvalue weighted by Crippen LogP contribution is 2.31. The third kappa shape index (κ3) is 2.00. The second-order valence-corrected chi connectivity index (χ2v) is 6.01. The van der Waals surface area contributed by atoms with Crippen LogP contribution in [-0.2, 0) is 6.61 Å². The number of likely N-dealkylation sites (tertiary alicyclic amines) is 1. The summed E-state index contributed by atoms with van der Waals surface area (Å²) in [6.07, 6.45) is 5.08. The van der Waals surface area contributed by atoms with E-state index >= 15 is 0 Å². The Bertz CT molecular complexity index is 722. The normalized spacial score (nSPS) is 20.0. The van der Waals surface area contributed by atoms with Crippen molar-refractivity contribution in [3.8, 4) is 11.4 Å². The van der Waals surface area contributed by atoms with Gasteiger partial charge in [0.2, 0.25) is 0 Å². The number of nitrogens with zero attached hydrogens (tertiary/aromatic N) is 3. The van der Waals surface area contributed by atoms with Crippen LogP contribution in [0.1, 0.15) is 42.4 Å². The first kappa shape index (κ1) is 13.4. The van der Waals surface area contributed by atoms with Crippen molar-refractivity contribution in [3.05, 3.63) is 42.0 Å². The van der Waals surface area contributed by atoms with Crippen molar-refractivity contribution < 1.29 is 9.53 Å². The van der Waals surface area contributed by atoms with Gasteiger partial charge in [-0.1, -0.05) is 12.1 Å². The van der Waals surface area contributed by atoms with Gasteiger partial charge < -0.3 is 9.64 Å². The molecule has 22 heavy (non-hydrogen) atoms. The summed E-state index contributed by atoms with van der Waals surface area (Å²) in [7, 11) is 0. The lowest BCUT2D eigenvalue weighted by molar-refractivity contribution is 0.0626. The molecule has 0 N–H and O–H groups in total. The number of rotatable bonds is 1. The van der Waals surface area contributed by atoms with Gasteiger partial charge in [-0.05, 0) is 38.3 Å². The van der Waals surface area contributed by atoms with Crippen molar-refractivity contribution >= 4 is 5.91 Å². The molecule has 1 fully saturated rings. The monoisotopic (exact) mass is 297 g/mol. The van der Waals surface area contributed by atoms with Gasteiger partial charge in [0.1, 0.15) is 18.7 Å². The number of hydrogen-bond acceptors (Lipinski definition) is 3. The van der Waals surface area contributed by atoms with Gasteiger partial charge in [-0.25, -0.2) is 4.98 Å². The predicted octanol–water partition coefficient (Wildman–Crippen LogP) is 2.78. The molecule has 4 rings (SSSR count). The number of amides is 1. The summed E-state index contributed by atoms with van der Waals surface area (Å²) in [5.74, 6) is 0.863. The van der Waals surface area contributed by atoms with Crippen LogP contribution in [0.15, 0.2) is 30.6 Å². The van der Waals surface area contributed by atoms with Gasteiger partial charge in [-0.2, -0.15) is 0 Å². The van der Waals surface area contributed by atoms with Crippen molar-refractivity contribution in [1.29, 1.82) is 0 Å². The molecular formula is C17H19N3O2. The van der Waals surface area contributed by atoms with Gasteiger partial charge >= 0.3 is 0 Å². The van der Waals surface area contributed by atoms with Crippen molar-refractivity contribution in [2.45, 2.75) is 38.8 Å². The molecule has 3 heterocycles. The maximum absolute atomic E-state index is 12.8. The van der Waals surface area contributed by atoms with Crippen LogP contribution in [-0.4, -0.2) is 32.9 Å². The van der Waals surface area contributed by atoms with Crippen molar-refractivity contribution in [2.24, 2.45) is 0 Å². The molecule has 5 nitrogen and oxygen atoms in total. The molecular weight excluding hydrogens is 278 g/mol. The van der Waals surface area contributed by atoms with Gasteiger partial charge in [0, 0.05) is 12.6 Å². The standard InChI is InChI=1S/C17H19N3O2/c1-12-6-4-5-9-19(12)17(21)16-14-10-22-15-8-3-2-7-13(15)20(14)11-18-16/h2-3,7-8,11-12H,4-6,9-10H2,1H3. The van der Waals surface area contributed by atoms with Crippen molar-refractivity contribution in [2.75, 3.05) is 6.54 Å². The molecule has 2 aliphatic heterocycles. The van der Waals surface area contributed by atoms with E-state index in [-0.39, 0.29) is 11.9 Å². The maximum atomic E-state index is 12.8. The fourth-order valence-corrected chi connectivity index (χ4v) is 3.36. The molecule has 0 spiro atoms. The number of ether oxygens (including phenoxy) is 1. The summed E-state index contributed by atoms with van der Waals surface area (Å²) in [4.78, 5) is 19.2. The lowest BCUT2D eigenvalue weighted by atomic mass is 10.0. The number of piperidine rings is 1. The predicted molar refractivity (Wildman–Crippen MR) is 82.2 cm³/mol. The highest BCUT2D eigenvalue weighted by atomic mass is 16.5. The van der Waals surface area contributed by atoms with E-state index in [0.717, 1.165) is 36.5 Å². The van der Waals surface area contributed by atoms with Gasteiger partial charge in [0.05, 0.1) is 11.4 Å². The van der Waals surface area contributed by atoms with Gasteiger partial charge in [-0.3, -0.25) is 9.36 Å². The Kier molecular flexibility index (Phi) is 3.13. The van der Waals surface area contributed by atoms with Crippen LogP contribution in [0.5, 0.6) is 5.75 Å². The number of para-hydroxylation sites is 2. The third-order valence-electron chi connectivity index (χ3n) is 4.62. The molecule has 114 valence electrons. The average Bonchev–Trinajstić information content (AvgIpc) is 2.99. The number of carbonyl (C=O) groups is 1. The molecule has 2 aromatic rings. The number of benzene rings is 1. The first-order valence-electron chi connectivity index (χ1n) is 7.85. The summed E-state index contributed by atoms with van der Waals surface area (Å²) in [6.45, 7) is 3.33. The molecule has 1 unspecified atom stereocenters. The highest BCUT2D eigenvalue weighted by molar-refractivity contribution is 5.94. The zero-order valence-electron chi connectivity index (χ0n) is 12.7. The summed E-state index contributed by atoms with van der Waals surface area (Å²) >= 11 is 0. The lowest BCUT2D eigenvalue weighted by Crippen LogP contribution is -2.42. The number of aromatic nitrogens is 2. The number of imidazole rings is 1. The first-order valence-corrected chi connectivity index (χ1v) is 7.85. The summed E-state index contributed by atoms with van der Waals surface area (Å²) in [5.41, 5.74) is 2.33. The van der Waals surface area contributed by atoms with E-state index in [1.807, 2.05) is 33.7 Å². The molecule has 5 heteroatoms. The Hall–Kier alpha value is -2.30. The Morgan fingerprint density at radius 1 is 1.32 bits per heavy atom. The number of carbonyl (C=O) groups excluding carboxylic acids is 1. The summed E-state index contributed by atoms with van der Waals surface area (Å²) in [6, 6.07) is 8.12. The van der Waals surface area contributed by atoms with Gasteiger partial charge in [0.15, 0.2) is 5.69 Å². The molecule has 1 aromatic carbocycles. The zero-order valence-corrected chi connectivity index (χ0v) is 12.7. The van der Waals surface area contributed by atoms with E-state index in [1.165, 1.54) is 6.42 Å². The Balaban J connectivity index is 1.71. The molecule has 1 saturated heterocycles. The van der Waals surface area contributed by atoms with Crippen LogP contribution < -0.4 is 4.74 Å². The highest BCUT2D eigenvalue weighted by Gasteiger charge is 2.30. The van der Waals surface area contributed by atoms with Crippen LogP contribution >= 0.6 is 0 Å². The second kappa shape index (κ2) is 5.16. The van der Waals surface area contributed by atoms with Crippen molar-refractivity contribution in [1.82, 2.24) is 14.5 Å². The molecule has 2 aliphatic rings. The summed E-state index contributed by atoms with van der Waals surface area (Å²) in [5, 5.41) is 0. The largest absolute Gasteiger partial charge is 0.485 e. The minimum atomic E-state index is 0.0314. The smallest absolute Gasteiger partial charge is 0.274 e. The lowest BCUT2D eigenvalue weighted by Gasteiger charge is -2.33. The minimum Gasteiger partial charge on any atom is -0.485 e. The van der Waals surface area contributed by atoms with E-state index in [2.05, 4.69) is 11.9 Å². The first-order chi connectivity index (χ1) is 10.8. The third-order valence-corrected chi connectivity index (χ3v) is 4.62. The van der Waals surface area contributed by atoms with E-state index in [0.29, 0.717) is 12.3 Å². The number of fused-ring (bicyclic) bond motifs is 3. The van der Waals surface area contributed by atoms with Crippen LogP contribution in [0.4, 0.5) is 0 Å². The molecule has 1 aromatic heterocycles. The quantitative estimate of drug-likeness (QED) is 0.813. The van der Waals surface area contributed by atoms with E-state index in [9.17, 15) is 4.79 Å². The number of hydrogen-bond donors (Lipinski definition) is 0. The molecule has 1 atom stereocenters. The fourth-order valence-electron chi connectivity index (χ4n) is 3.36. The molecule has 0 aliphatic carbocycles. The topological polar surface area (TPSA) is 47.4 Å². The van der Waals surface area contributed by atoms with E-state index in [4.69, 9.17) is 4.74 Å². The van der Waals surface area contributed by atoms with Crippen LogP contribution in [0.25, 0.3) is 5.69 Å². The van der Waals surface area contributed by atoms with Crippen LogP contribution in [0.2, 0.25) is 0 Å². The molecule has 0 bridgehead atoms. The molecule has 0 saturated carbocycles. The van der Waals surface area contributed by atoms with Gasteiger partial charge in [0.25, 0.3) is 5.91 Å². The van der Waals surface area contributed by atoms with Crippen molar-refractivity contribution in [3.63, 3.8) is 0 Å². The average molecular weight is 297 g/mol. The minimum absolute atomic E-state index is 0.0314. The van der Waals surface area contributed by atoms with Crippen LogP contribution in [0, 0.1) is 0 Å². The second-order valence-electron chi connectivity index (χ2n) is 6.01. The Morgan fingerprint density at radius 3 is 3.05 bits per heavy atom. The van der Waals surface area contributed by atoms with Gasteiger partial charge in [-0.15, -0.1) is 0 Å². The van der Waals surface area contributed by atoms with E-state index in [1.54, 1.807) is 6.33 Å². The Morgan fingerprint density at radius 2 is 2.18 bits per heavy atom. The summed E-state index contributed by atoms with van der Waals surface area (Å²) < 4.78 is 7.75. The Labute approximate surface area is 129 Å². The SMILES string of the molecule is CC1CCCCN1C(=O)c1ncn2c1COc1ccccc1-2. The molecule has 0 radical (unpaired) electrons. The molecule has 1 amide bonds. The van der Waals surface area contributed by atoms with E-state index < -0.39 is 0 Å².